The highest BCUT2D eigenvalue weighted by Crippen LogP contribution is 2.24. The molecule has 0 aliphatic rings. The Morgan fingerprint density at radius 3 is 2.42 bits per heavy atom. The maximum absolute atomic E-state index is 5.74. The molecule has 0 saturated carbocycles. The zero-order valence-electron chi connectivity index (χ0n) is 11.7. The van der Waals surface area contributed by atoms with Crippen molar-refractivity contribution in [2.45, 2.75) is 27.2 Å². The standard InChI is InChI=1S/C15H13NO.C2H6/c1-2-11-8-9-14-13(10-11)16-15(17-14)12-6-4-3-5-7-12;1-2/h3-10H,2H2,1H3;1-2H3. The smallest absolute Gasteiger partial charge is 0.227 e. The monoisotopic (exact) mass is 253 g/mol. The van der Waals surface area contributed by atoms with Crippen molar-refractivity contribution in [1.82, 2.24) is 4.98 Å². The van der Waals surface area contributed by atoms with Gasteiger partial charge in [-0.25, -0.2) is 4.98 Å². The van der Waals surface area contributed by atoms with Gasteiger partial charge in [-0.05, 0) is 36.2 Å². The normalized spacial score (nSPS) is 10.1. The van der Waals surface area contributed by atoms with Crippen LogP contribution in [0, 0.1) is 0 Å². The number of nitrogens with zero attached hydrogens (tertiary/aromatic N) is 1. The van der Waals surface area contributed by atoms with Gasteiger partial charge in [0.2, 0.25) is 5.89 Å². The van der Waals surface area contributed by atoms with Crippen molar-refractivity contribution >= 4 is 11.1 Å². The number of aryl methyl sites for hydroxylation is 1. The zero-order chi connectivity index (χ0) is 13.7. The fourth-order valence-electron chi connectivity index (χ4n) is 1.90. The topological polar surface area (TPSA) is 26.0 Å². The summed E-state index contributed by atoms with van der Waals surface area (Å²) in [6.07, 6.45) is 1.02. The highest BCUT2D eigenvalue weighted by molar-refractivity contribution is 5.76. The number of benzene rings is 2. The summed E-state index contributed by atoms with van der Waals surface area (Å²) >= 11 is 0. The van der Waals surface area contributed by atoms with Gasteiger partial charge in [-0.2, -0.15) is 0 Å². The average molecular weight is 253 g/mol. The molecular weight excluding hydrogens is 234 g/mol. The number of fused-ring (bicyclic) bond motifs is 1. The Morgan fingerprint density at radius 1 is 1.00 bits per heavy atom. The Bertz CT molecular complexity index is 641. The molecule has 3 aromatic rings. The number of hydrogen-bond acceptors (Lipinski definition) is 2. The molecule has 0 saturated heterocycles. The van der Waals surface area contributed by atoms with Crippen molar-refractivity contribution < 1.29 is 4.42 Å². The van der Waals surface area contributed by atoms with Gasteiger partial charge in [0.1, 0.15) is 5.52 Å². The molecule has 1 aromatic heterocycles. The van der Waals surface area contributed by atoms with E-state index >= 15 is 0 Å². The first-order valence-corrected chi connectivity index (χ1v) is 6.81. The summed E-state index contributed by atoms with van der Waals surface area (Å²) in [6, 6.07) is 16.1. The first-order chi connectivity index (χ1) is 9.36. The quantitative estimate of drug-likeness (QED) is 0.636. The summed E-state index contributed by atoms with van der Waals surface area (Å²) in [5, 5.41) is 0. The van der Waals surface area contributed by atoms with Gasteiger partial charge >= 0.3 is 0 Å². The lowest BCUT2D eigenvalue weighted by molar-refractivity contribution is 0.620. The SMILES string of the molecule is CC.CCc1ccc2oc(-c3ccccc3)nc2c1. The van der Waals surface area contributed by atoms with E-state index in [1.165, 1.54) is 5.56 Å². The second-order valence-electron chi connectivity index (χ2n) is 4.04. The Morgan fingerprint density at radius 2 is 1.74 bits per heavy atom. The minimum absolute atomic E-state index is 0.689. The van der Waals surface area contributed by atoms with Gasteiger partial charge in [0.25, 0.3) is 0 Å². The first kappa shape index (κ1) is 13.3. The van der Waals surface area contributed by atoms with Crippen LogP contribution in [0.5, 0.6) is 0 Å². The van der Waals surface area contributed by atoms with E-state index in [1.54, 1.807) is 0 Å². The van der Waals surface area contributed by atoms with Crippen LogP contribution in [0.2, 0.25) is 0 Å². The maximum Gasteiger partial charge on any atom is 0.227 e. The van der Waals surface area contributed by atoms with Gasteiger partial charge in [0.05, 0.1) is 0 Å². The van der Waals surface area contributed by atoms with Crippen LogP contribution in [0.15, 0.2) is 52.9 Å². The van der Waals surface area contributed by atoms with E-state index < -0.39 is 0 Å². The van der Waals surface area contributed by atoms with Gasteiger partial charge in [0, 0.05) is 5.56 Å². The molecule has 0 aliphatic carbocycles. The largest absolute Gasteiger partial charge is 0.436 e. The minimum atomic E-state index is 0.689. The van der Waals surface area contributed by atoms with Crippen molar-refractivity contribution in [1.29, 1.82) is 0 Å². The minimum Gasteiger partial charge on any atom is -0.436 e. The lowest BCUT2D eigenvalue weighted by Crippen LogP contribution is -1.78. The third kappa shape index (κ3) is 2.84. The summed E-state index contributed by atoms with van der Waals surface area (Å²) in [6.45, 7) is 6.14. The van der Waals surface area contributed by atoms with E-state index in [2.05, 4.69) is 24.0 Å². The van der Waals surface area contributed by atoms with Gasteiger partial charge in [-0.3, -0.25) is 0 Å². The van der Waals surface area contributed by atoms with Crippen LogP contribution in [-0.4, -0.2) is 4.98 Å². The molecule has 0 radical (unpaired) electrons. The molecule has 0 spiro atoms. The molecule has 0 atom stereocenters. The number of hydrogen-bond donors (Lipinski definition) is 0. The van der Waals surface area contributed by atoms with E-state index in [4.69, 9.17) is 4.42 Å². The summed E-state index contributed by atoms with van der Waals surface area (Å²) in [5.74, 6) is 0.689. The molecule has 2 nitrogen and oxygen atoms in total. The fraction of sp³-hybridized carbons (Fsp3) is 0.235. The van der Waals surface area contributed by atoms with Crippen molar-refractivity contribution in [2.75, 3.05) is 0 Å². The van der Waals surface area contributed by atoms with Gasteiger partial charge in [0.15, 0.2) is 5.58 Å². The number of rotatable bonds is 2. The molecule has 0 N–H and O–H groups in total. The molecule has 0 amide bonds. The Balaban J connectivity index is 0.000000637. The van der Waals surface area contributed by atoms with E-state index in [1.807, 2.05) is 50.2 Å². The average Bonchev–Trinajstić information content (AvgIpc) is 2.93. The first-order valence-electron chi connectivity index (χ1n) is 6.81. The Kier molecular flexibility index (Phi) is 4.35. The van der Waals surface area contributed by atoms with Gasteiger partial charge < -0.3 is 4.42 Å². The van der Waals surface area contributed by atoms with Crippen LogP contribution in [-0.2, 0) is 6.42 Å². The molecule has 0 unspecified atom stereocenters. The summed E-state index contributed by atoms with van der Waals surface area (Å²) in [5.41, 5.74) is 4.08. The van der Waals surface area contributed by atoms with Crippen LogP contribution in [0.25, 0.3) is 22.6 Å². The van der Waals surface area contributed by atoms with Crippen molar-refractivity contribution in [3.05, 3.63) is 54.1 Å². The fourth-order valence-corrected chi connectivity index (χ4v) is 1.90. The highest BCUT2D eigenvalue weighted by atomic mass is 16.3. The van der Waals surface area contributed by atoms with Gasteiger partial charge in [-0.1, -0.05) is 45.0 Å². The van der Waals surface area contributed by atoms with Crippen LogP contribution >= 0.6 is 0 Å². The lowest BCUT2D eigenvalue weighted by Gasteiger charge is -1.92. The number of aromatic nitrogens is 1. The summed E-state index contributed by atoms with van der Waals surface area (Å²) < 4.78 is 5.74. The molecule has 0 bridgehead atoms. The van der Waals surface area contributed by atoms with Crippen molar-refractivity contribution in [3.8, 4) is 11.5 Å². The molecule has 1 heterocycles. The Labute approximate surface area is 114 Å². The Hall–Kier alpha value is -2.09. The van der Waals surface area contributed by atoms with E-state index in [-0.39, 0.29) is 0 Å². The van der Waals surface area contributed by atoms with Crippen molar-refractivity contribution in [2.24, 2.45) is 0 Å². The molecule has 0 fully saturated rings. The van der Waals surface area contributed by atoms with Crippen LogP contribution in [0.1, 0.15) is 26.3 Å². The third-order valence-electron chi connectivity index (χ3n) is 2.88. The molecule has 2 aromatic carbocycles. The van der Waals surface area contributed by atoms with Crippen LogP contribution < -0.4 is 0 Å². The molecular formula is C17H19NO. The predicted octanol–water partition coefficient (Wildman–Crippen LogP) is 5.08. The molecule has 0 aliphatic heterocycles. The second-order valence-corrected chi connectivity index (χ2v) is 4.04. The van der Waals surface area contributed by atoms with Crippen LogP contribution in [0.3, 0.4) is 0 Å². The lowest BCUT2D eigenvalue weighted by atomic mass is 10.1. The zero-order valence-corrected chi connectivity index (χ0v) is 11.7. The van der Waals surface area contributed by atoms with Gasteiger partial charge in [-0.15, -0.1) is 0 Å². The summed E-state index contributed by atoms with van der Waals surface area (Å²) in [4.78, 5) is 4.52. The van der Waals surface area contributed by atoms with Crippen molar-refractivity contribution in [3.63, 3.8) is 0 Å². The number of oxazole rings is 1. The van der Waals surface area contributed by atoms with Crippen LogP contribution in [0.4, 0.5) is 0 Å². The third-order valence-corrected chi connectivity index (χ3v) is 2.88. The molecule has 98 valence electrons. The highest BCUT2D eigenvalue weighted by Gasteiger charge is 2.07. The van der Waals surface area contributed by atoms with E-state index in [0.29, 0.717) is 5.89 Å². The second kappa shape index (κ2) is 6.19. The summed E-state index contributed by atoms with van der Waals surface area (Å²) in [7, 11) is 0. The predicted molar refractivity (Wildman–Crippen MR) is 80.2 cm³/mol. The molecule has 2 heteroatoms. The molecule has 19 heavy (non-hydrogen) atoms. The van der Waals surface area contributed by atoms with E-state index in [0.717, 1.165) is 23.1 Å². The van der Waals surface area contributed by atoms with E-state index in [9.17, 15) is 0 Å². The maximum atomic E-state index is 5.74. The molecule has 3 rings (SSSR count).